The summed E-state index contributed by atoms with van der Waals surface area (Å²) in [7, 11) is 0. The third kappa shape index (κ3) is 2.76. The normalized spacial score (nSPS) is 10.1. The molecular weight excluding hydrogens is 264 g/mol. The Kier molecular flexibility index (Phi) is 4.60. The van der Waals surface area contributed by atoms with Gasteiger partial charge in [0.05, 0.1) is 5.02 Å². The molecule has 0 amide bonds. The molecular formula is C19H17Cl. The van der Waals surface area contributed by atoms with Crippen molar-refractivity contribution in [2.75, 3.05) is 0 Å². The van der Waals surface area contributed by atoms with Crippen LogP contribution < -0.4 is 0 Å². The van der Waals surface area contributed by atoms with Crippen molar-refractivity contribution in [1.29, 1.82) is 0 Å². The molecule has 2 rings (SSSR count). The minimum atomic E-state index is 0.733. The minimum Gasteiger partial charge on any atom is -0.0985 e. The molecule has 0 nitrogen and oxygen atoms in total. The summed E-state index contributed by atoms with van der Waals surface area (Å²) in [6, 6.07) is 12.3. The molecule has 0 aliphatic rings. The van der Waals surface area contributed by atoms with Crippen molar-refractivity contribution in [2.45, 2.75) is 6.42 Å². The van der Waals surface area contributed by atoms with Crippen LogP contribution in [-0.4, -0.2) is 0 Å². The lowest BCUT2D eigenvalue weighted by Gasteiger charge is -2.14. The fourth-order valence-corrected chi connectivity index (χ4v) is 2.65. The second-order valence-corrected chi connectivity index (χ2v) is 4.91. The predicted octanol–water partition coefficient (Wildman–Crippen LogP) is 5.86. The van der Waals surface area contributed by atoms with Crippen molar-refractivity contribution in [2.24, 2.45) is 0 Å². The zero-order valence-electron chi connectivity index (χ0n) is 11.4. The highest BCUT2D eigenvalue weighted by molar-refractivity contribution is 6.33. The average Bonchev–Trinajstić information content (AvgIpc) is 2.49. The van der Waals surface area contributed by atoms with Crippen LogP contribution in [0.1, 0.15) is 27.8 Å². The van der Waals surface area contributed by atoms with E-state index in [1.807, 2.05) is 24.3 Å². The Morgan fingerprint density at radius 2 is 1.55 bits per heavy atom. The molecule has 100 valence electrons. The Morgan fingerprint density at radius 1 is 0.900 bits per heavy atom. The minimum absolute atomic E-state index is 0.733. The van der Waals surface area contributed by atoms with E-state index < -0.39 is 0 Å². The molecule has 0 spiro atoms. The molecule has 0 radical (unpaired) electrons. The summed E-state index contributed by atoms with van der Waals surface area (Å²) in [5.74, 6) is 0. The monoisotopic (exact) mass is 280 g/mol. The molecule has 0 aliphatic carbocycles. The Morgan fingerprint density at radius 3 is 2.10 bits per heavy atom. The first kappa shape index (κ1) is 14.4. The van der Waals surface area contributed by atoms with Crippen LogP contribution in [0.4, 0.5) is 0 Å². The second kappa shape index (κ2) is 6.40. The molecule has 0 aromatic heterocycles. The van der Waals surface area contributed by atoms with Crippen LogP contribution >= 0.6 is 11.6 Å². The number of benzene rings is 2. The van der Waals surface area contributed by atoms with Crippen LogP contribution in [0.15, 0.2) is 56.1 Å². The number of hydrogen-bond donors (Lipinski definition) is 0. The molecule has 0 saturated heterocycles. The Bertz CT molecular complexity index is 651. The highest BCUT2D eigenvalue weighted by atomic mass is 35.5. The summed E-state index contributed by atoms with van der Waals surface area (Å²) < 4.78 is 0. The zero-order chi connectivity index (χ0) is 14.5. The second-order valence-electron chi connectivity index (χ2n) is 4.54. The van der Waals surface area contributed by atoms with Crippen molar-refractivity contribution in [1.82, 2.24) is 0 Å². The molecule has 2 aromatic carbocycles. The van der Waals surface area contributed by atoms with Gasteiger partial charge in [0.2, 0.25) is 0 Å². The highest BCUT2D eigenvalue weighted by Gasteiger charge is 2.12. The Hall–Kier alpha value is -2.05. The first-order valence-electron chi connectivity index (χ1n) is 6.47. The van der Waals surface area contributed by atoms with E-state index in [1.165, 1.54) is 5.56 Å². The van der Waals surface area contributed by atoms with Gasteiger partial charge in [0.15, 0.2) is 0 Å². The summed E-state index contributed by atoms with van der Waals surface area (Å²) in [4.78, 5) is 0. The van der Waals surface area contributed by atoms with Gasteiger partial charge in [0.1, 0.15) is 0 Å². The smallest absolute Gasteiger partial charge is 0.0525 e. The molecule has 20 heavy (non-hydrogen) atoms. The summed E-state index contributed by atoms with van der Waals surface area (Å²) >= 11 is 6.56. The van der Waals surface area contributed by atoms with Gasteiger partial charge in [0, 0.05) is 5.56 Å². The van der Waals surface area contributed by atoms with Crippen molar-refractivity contribution in [3.05, 3.63) is 89.0 Å². The quantitative estimate of drug-likeness (QED) is 0.643. The molecule has 0 atom stereocenters. The molecule has 0 heterocycles. The molecule has 1 heteroatoms. The number of halogens is 1. The lowest BCUT2D eigenvalue weighted by molar-refractivity contribution is 1.18. The van der Waals surface area contributed by atoms with E-state index in [2.05, 4.69) is 37.9 Å². The van der Waals surface area contributed by atoms with Gasteiger partial charge in [0.25, 0.3) is 0 Å². The van der Waals surface area contributed by atoms with Crippen LogP contribution in [0, 0.1) is 0 Å². The first-order valence-corrected chi connectivity index (χ1v) is 6.85. The van der Waals surface area contributed by atoms with Gasteiger partial charge in [-0.3, -0.25) is 0 Å². The molecule has 2 aromatic rings. The third-order valence-electron chi connectivity index (χ3n) is 3.34. The van der Waals surface area contributed by atoms with E-state index in [9.17, 15) is 0 Å². The molecule has 0 unspecified atom stereocenters. The van der Waals surface area contributed by atoms with Gasteiger partial charge in [-0.25, -0.2) is 0 Å². The topological polar surface area (TPSA) is 0 Å². The summed E-state index contributed by atoms with van der Waals surface area (Å²) in [5.41, 5.74) is 5.25. The highest BCUT2D eigenvalue weighted by Crippen LogP contribution is 2.32. The van der Waals surface area contributed by atoms with Crippen LogP contribution in [0.25, 0.3) is 18.2 Å². The molecule has 0 saturated carbocycles. The van der Waals surface area contributed by atoms with Crippen LogP contribution in [0.2, 0.25) is 5.02 Å². The summed E-state index contributed by atoms with van der Waals surface area (Å²) in [5, 5.41) is 0.733. The van der Waals surface area contributed by atoms with E-state index >= 15 is 0 Å². The Labute approximate surface area is 125 Å². The Balaban J connectivity index is 2.59. The van der Waals surface area contributed by atoms with E-state index in [4.69, 9.17) is 11.6 Å². The fourth-order valence-electron chi connectivity index (χ4n) is 2.29. The standard InChI is InChI=1S/C19H17Cl/c1-4-15-13-16(5-2)18(19(20)17(15)6-3)12-14-10-8-7-9-11-14/h4-11,13H,1-3,12H2. The van der Waals surface area contributed by atoms with Crippen molar-refractivity contribution < 1.29 is 0 Å². The van der Waals surface area contributed by atoms with Gasteiger partial charge >= 0.3 is 0 Å². The maximum Gasteiger partial charge on any atom is 0.0525 e. The zero-order valence-corrected chi connectivity index (χ0v) is 12.2. The largest absolute Gasteiger partial charge is 0.0985 e. The first-order chi connectivity index (χ1) is 9.71. The maximum atomic E-state index is 6.56. The lowest BCUT2D eigenvalue weighted by atomic mass is 9.93. The van der Waals surface area contributed by atoms with Crippen LogP contribution in [-0.2, 0) is 6.42 Å². The van der Waals surface area contributed by atoms with E-state index in [0.717, 1.165) is 33.7 Å². The summed E-state index contributed by atoms with van der Waals surface area (Å²) in [6.07, 6.45) is 6.19. The van der Waals surface area contributed by atoms with Gasteiger partial charge in [-0.1, -0.05) is 79.9 Å². The lowest BCUT2D eigenvalue weighted by Crippen LogP contribution is -1.97. The van der Waals surface area contributed by atoms with Gasteiger partial charge in [-0.15, -0.1) is 0 Å². The maximum absolute atomic E-state index is 6.56. The third-order valence-corrected chi connectivity index (χ3v) is 3.77. The molecule has 0 bridgehead atoms. The van der Waals surface area contributed by atoms with Crippen LogP contribution in [0.3, 0.4) is 0 Å². The van der Waals surface area contributed by atoms with Crippen molar-refractivity contribution >= 4 is 29.8 Å². The van der Waals surface area contributed by atoms with Crippen molar-refractivity contribution in [3.8, 4) is 0 Å². The van der Waals surface area contributed by atoms with Crippen molar-refractivity contribution in [3.63, 3.8) is 0 Å². The van der Waals surface area contributed by atoms with Crippen LogP contribution in [0.5, 0.6) is 0 Å². The SMILES string of the molecule is C=Cc1cc(C=C)c(Cc2ccccc2)c(Cl)c1C=C. The van der Waals surface area contributed by atoms with E-state index in [0.29, 0.717) is 0 Å². The van der Waals surface area contributed by atoms with Gasteiger partial charge in [-0.2, -0.15) is 0 Å². The molecule has 0 aliphatic heterocycles. The number of rotatable bonds is 5. The molecule has 0 fully saturated rings. The van der Waals surface area contributed by atoms with Gasteiger partial charge < -0.3 is 0 Å². The van der Waals surface area contributed by atoms with Gasteiger partial charge in [-0.05, 0) is 34.7 Å². The number of hydrogen-bond acceptors (Lipinski definition) is 0. The predicted molar refractivity (Wildman–Crippen MR) is 91.0 cm³/mol. The van der Waals surface area contributed by atoms with E-state index in [1.54, 1.807) is 12.2 Å². The van der Waals surface area contributed by atoms with E-state index in [-0.39, 0.29) is 0 Å². The average molecular weight is 281 g/mol. The summed E-state index contributed by atoms with van der Waals surface area (Å²) in [6.45, 7) is 11.6. The fraction of sp³-hybridized carbons (Fsp3) is 0.0526. The molecule has 0 N–H and O–H groups in total.